The highest BCUT2D eigenvalue weighted by molar-refractivity contribution is 14.1. The number of benzene rings is 2. The molecular weight excluding hydrogens is 395 g/mol. The first kappa shape index (κ1) is 16.0. The zero-order valence-electron chi connectivity index (χ0n) is 11.3. The van der Waals surface area contributed by atoms with Gasteiger partial charge in [0.1, 0.15) is 0 Å². The lowest BCUT2D eigenvalue weighted by atomic mass is 10.0. The Morgan fingerprint density at radius 2 is 1.68 bits per heavy atom. The van der Waals surface area contributed by atoms with Crippen molar-refractivity contribution in [1.29, 1.82) is 0 Å². The van der Waals surface area contributed by atoms with Crippen LogP contribution in [0.25, 0.3) is 5.57 Å². The standard InChI is InChI=1S/C16H11IN2O3/c17-18-11-14(10-16(20)13-4-2-1-3-5-13)12-6-8-15(9-7-12)19(21)22/h1-11H/b14-10+,18-11?. The fraction of sp³-hybridized carbons (Fsp3) is 0. The third kappa shape index (κ3) is 4.08. The van der Waals surface area contributed by atoms with Gasteiger partial charge in [0, 0.05) is 29.5 Å². The van der Waals surface area contributed by atoms with Crippen LogP contribution in [0.15, 0.2) is 63.9 Å². The third-order valence-electron chi connectivity index (χ3n) is 2.94. The van der Waals surface area contributed by atoms with Crippen LogP contribution in [0.3, 0.4) is 0 Å². The normalized spacial score (nSPS) is 11.6. The van der Waals surface area contributed by atoms with Gasteiger partial charge in [-0.25, -0.2) is 3.21 Å². The molecule has 0 aliphatic heterocycles. The van der Waals surface area contributed by atoms with E-state index in [4.69, 9.17) is 0 Å². The Kier molecular flexibility index (Phi) is 5.54. The topological polar surface area (TPSA) is 72.6 Å². The van der Waals surface area contributed by atoms with E-state index < -0.39 is 4.92 Å². The van der Waals surface area contributed by atoms with Gasteiger partial charge in [-0.15, -0.1) is 0 Å². The molecule has 110 valence electrons. The van der Waals surface area contributed by atoms with Gasteiger partial charge in [-0.2, -0.15) is 0 Å². The summed E-state index contributed by atoms with van der Waals surface area (Å²) in [7, 11) is 0. The van der Waals surface area contributed by atoms with E-state index in [0.717, 1.165) is 0 Å². The molecule has 0 amide bonds. The zero-order chi connectivity index (χ0) is 15.9. The van der Waals surface area contributed by atoms with Crippen molar-refractivity contribution in [3.8, 4) is 0 Å². The van der Waals surface area contributed by atoms with E-state index in [2.05, 4.69) is 3.21 Å². The number of nitro groups is 1. The van der Waals surface area contributed by atoms with E-state index in [9.17, 15) is 14.9 Å². The summed E-state index contributed by atoms with van der Waals surface area (Å²) in [6, 6.07) is 14.9. The Balaban J connectivity index is 2.35. The number of non-ortho nitro benzene ring substituents is 1. The highest BCUT2D eigenvalue weighted by Crippen LogP contribution is 2.19. The number of nitro benzene ring substituents is 1. The van der Waals surface area contributed by atoms with E-state index in [0.29, 0.717) is 16.7 Å². The van der Waals surface area contributed by atoms with Crippen LogP contribution in [-0.4, -0.2) is 16.9 Å². The molecule has 2 aromatic rings. The quantitative estimate of drug-likeness (QED) is 0.186. The number of halogens is 1. The predicted molar refractivity (Wildman–Crippen MR) is 94.4 cm³/mol. The van der Waals surface area contributed by atoms with Gasteiger partial charge in [0.2, 0.25) is 0 Å². The Bertz CT molecular complexity index is 738. The summed E-state index contributed by atoms with van der Waals surface area (Å²) >= 11 is 1.82. The molecular formula is C16H11IN2O3. The predicted octanol–water partition coefficient (Wildman–Crippen LogP) is 4.28. The van der Waals surface area contributed by atoms with E-state index in [-0.39, 0.29) is 11.5 Å². The van der Waals surface area contributed by atoms with Gasteiger partial charge in [0.05, 0.1) is 27.8 Å². The Labute approximate surface area is 141 Å². The molecule has 0 saturated heterocycles. The lowest BCUT2D eigenvalue weighted by Crippen LogP contribution is -1.97. The highest BCUT2D eigenvalue weighted by Gasteiger charge is 2.08. The van der Waals surface area contributed by atoms with Gasteiger partial charge >= 0.3 is 0 Å². The van der Waals surface area contributed by atoms with Crippen LogP contribution in [0.1, 0.15) is 15.9 Å². The number of ketones is 1. The molecule has 2 rings (SSSR count). The Morgan fingerprint density at radius 3 is 2.23 bits per heavy atom. The summed E-state index contributed by atoms with van der Waals surface area (Å²) in [4.78, 5) is 22.4. The lowest BCUT2D eigenvalue weighted by Gasteiger charge is -2.02. The number of rotatable bonds is 5. The third-order valence-corrected chi connectivity index (χ3v) is 3.22. The van der Waals surface area contributed by atoms with Crippen LogP contribution in [0.4, 0.5) is 5.69 Å². The summed E-state index contributed by atoms with van der Waals surface area (Å²) in [6.45, 7) is 0. The van der Waals surface area contributed by atoms with Crippen LogP contribution >= 0.6 is 22.9 Å². The van der Waals surface area contributed by atoms with Crippen LogP contribution in [-0.2, 0) is 0 Å². The zero-order valence-corrected chi connectivity index (χ0v) is 13.5. The van der Waals surface area contributed by atoms with Gasteiger partial charge in [-0.3, -0.25) is 14.9 Å². The van der Waals surface area contributed by atoms with Gasteiger partial charge in [-0.1, -0.05) is 30.3 Å². The van der Waals surface area contributed by atoms with E-state index >= 15 is 0 Å². The SMILES string of the molecule is O=C(/C=C(\C=NI)c1ccc([N+](=O)[O-])cc1)c1ccccc1. The van der Waals surface area contributed by atoms with Crippen LogP contribution in [0, 0.1) is 10.1 Å². The van der Waals surface area contributed by atoms with E-state index in [1.165, 1.54) is 18.2 Å². The van der Waals surface area contributed by atoms with Crippen molar-refractivity contribution >= 4 is 46.1 Å². The minimum atomic E-state index is -0.464. The van der Waals surface area contributed by atoms with Crippen LogP contribution < -0.4 is 0 Å². The number of carbonyl (C=O) groups is 1. The molecule has 5 nitrogen and oxygen atoms in total. The highest BCUT2D eigenvalue weighted by atomic mass is 127. The number of hydrogen-bond acceptors (Lipinski definition) is 4. The molecule has 0 aromatic heterocycles. The molecule has 0 aliphatic carbocycles. The summed E-state index contributed by atoms with van der Waals surface area (Å²) in [6.07, 6.45) is 3.02. The summed E-state index contributed by atoms with van der Waals surface area (Å²) in [5.41, 5.74) is 1.86. The average molecular weight is 406 g/mol. The molecule has 0 spiro atoms. The van der Waals surface area contributed by atoms with E-state index in [1.807, 2.05) is 28.9 Å². The van der Waals surface area contributed by atoms with Crippen molar-refractivity contribution in [2.45, 2.75) is 0 Å². The van der Waals surface area contributed by atoms with Gasteiger partial charge in [-0.05, 0) is 23.8 Å². The maximum Gasteiger partial charge on any atom is 0.269 e. The number of hydrogen-bond donors (Lipinski definition) is 0. The van der Waals surface area contributed by atoms with Gasteiger partial charge < -0.3 is 0 Å². The number of nitrogens with zero attached hydrogens (tertiary/aromatic N) is 2. The van der Waals surface area contributed by atoms with Gasteiger partial charge in [0.25, 0.3) is 5.69 Å². The Morgan fingerprint density at radius 1 is 1.05 bits per heavy atom. The summed E-state index contributed by atoms with van der Waals surface area (Å²) < 4.78 is 3.91. The molecule has 0 unspecified atom stereocenters. The first-order valence-electron chi connectivity index (χ1n) is 6.32. The van der Waals surface area contributed by atoms with Crippen LogP contribution in [0.5, 0.6) is 0 Å². The fourth-order valence-corrected chi connectivity index (χ4v) is 2.15. The van der Waals surface area contributed by atoms with Crippen LogP contribution in [0.2, 0.25) is 0 Å². The second-order valence-corrected chi connectivity index (χ2v) is 4.92. The maximum absolute atomic E-state index is 12.2. The van der Waals surface area contributed by atoms with Crippen molar-refractivity contribution < 1.29 is 9.72 Å². The molecule has 0 N–H and O–H groups in total. The maximum atomic E-state index is 12.2. The molecule has 0 atom stereocenters. The second kappa shape index (κ2) is 7.60. The monoisotopic (exact) mass is 406 g/mol. The molecule has 2 aromatic carbocycles. The minimum Gasteiger partial charge on any atom is -0.289 e. The molecule has 0 heterocycles. The second-order valence-electron chi connectivity index (χ2n) is 4.36. The number of allylic oxidation sites excluding steroid dienone is 2. The van der Waals surface area contributed by atoms with E-state index in [1.54, 1.807) is 42.6 Å². The molecule has 0 fully saturated rings. The molecule has 0 radical (unpaired) electrons. The largest absolute Gasteiger partial charge is 0.289 e. The summed E-state index contributed by atoms with van der Waals surface area (Å²) in [5.74, 6) is -0.148. The van der Waals surface area contributed by atoms with Crippen molar-refractivity contribution in [3.05, 3.63) is 81.9 Å². The first-order chi connectivity index (χ1) is 10.6. The summed E-state index contributed by atoms with van der Waals surface area (Å²) in [5, 5.41) is 10.7. The molecule has 22 heavy (non-hydrogen) atoms. The molecule has 0 saturated carbocycles. The Hall–Kier alpha value is -2.35. The smallest absolute Gasteiger partial charge is 0.269 e. The fourth-order valence-electron chi connectivity index (χ4n) is 1.85. The van der Waals surface area contributed by atoms with Crippen molar-refractivity contribution in [3.63, 3.8) is 0 Å². The molecule has 0 bridgehead atoms. The minimum absolute atomic E-state index is 0.00361. The van der Waals surface area contributed by atoms with Crippen molar-refractivity contribution in [2.75, 3.05) is 0 Å². The average Bonchev–Trinajstić information content (AvgIpc) is 2.55. The number of carbonyl (C=O) groups excluding carboxylic acids is 1. The molecule has 0 aliphatic rings. The lowest BCUT2D eigenvalue weighted by molar-refractivity contribution is -0.384. The van der Waals surface area contributed by atoms with Gasteiger partial charge in [0.15, 0.2) is 5.78 Å². The first-order valence-corrected chi connectivity index (χ1v) is 7.28. The van der Waals surface area contributed by atoms with Crippen molar-refractivity contribution in [1.82, 2.24) is 0 Å². The molecule has 6 heteroatoms. The van der Waals surface area contributed by atoms with Crippen molar-refractivity contribution in [2.24, 2.45) is 3.21 Å².